The maximum atomic E-state index is 13.9. The second kappa shape index (κ2) is 6.72. The Morgan fingerprint density at radius 3 is 2.59 bits per heavy atom. The van der Waals surface area contributed by atoms with Crippen LogP contribution in [0.5, 0.6) is 0 Å². The normalized spacial score (nSPS) is 20.5. The van der Waals surface area contributed by atoms with Gasteiger partial charge in [-0.1, -0.05) is 30.3 Å². The number of hydrogen-bond acceptors (Lipinski definition) is 3. The van der Waals surface area contributed by atoms with Gasteiger partial charge in [-0.25, -0.2) is 13.6 Å². The summed E-state index contributed by atoms with van der Waals surface area (Å²) in [6.07, 6.45) is -1.46. The van der Waals surface area contributed by atoms with Crippen molar-refractivity contribution in [3.05, 3.63) is 35.9 Å². The first kappa shape index (κ1) is 16.2. The molecule has 0 aromatic heterocycles. The highest BCUT2D eigenvalue weighted by Crippen LogP contribution is 2.35. The molecule has 0 spiro atoms. The van der Waals surface area contributed by atoms with E-state index in [0.717, 1.165) is 10.5 Å². The fourth-order valence-corrected chi connectivity index (χ4v) is 2.41. The number of ether oxygens (including phenoxy) is 1. The molecular formula is C15H17F2NO4. The van der Waals surface area contributed by atoms with Crippen molar-refractivity contribution in [1.82, 2.24) is 4.90 Å². The van der Waals surface area contributed by atoms with Crippen LogP contribution in [0.25, 0.3) is 0 Å². The Morgan fingerprint density at radius 2 is 2.00 bits per heavy atom. The highest BCUT2D eigenvalue weighted by atomic mass is 19.3. The van der Waals surface area contributed by atoms with E-state index in [1.165, 1.54) is 0 Å². The largest absolute Gasteiger partial charge is 0.481 e. The van der Waals surface area contributed by atoms with Crippen molar-refractivity contribution >= 4 is 12.1 Å². The first-order chi connectivity index (χ1) is 10.4. The number of amides is 1. The zero-order chi connectivity index (χ0) is 16.2. The number of alkyl halides is 2. The molecule has 120 valence electrons. The number of hydrogen-bond donors (Lipinski definition) is 1. The van der Waals surface area contributed by atoms with Gasteiger partial charge in [-0.2, -0.15) is 0 Å². The van der Waals surface area contributed by atoms with Gasteiger partial charge in [0.05, 0.1) is 13.0 Å². The Bertz CT molecular complexity index is 536. The lowest BCUT2D eigenvalue weighted by Crippen LogP contribution is -2.51. The first-order valence-electron chi connectivity index (χ1n) is 6.94. The van der Waals surface area contributed by atoms with E-state index in [1.54, 1.807) is 24.3 Å². The molecule has 0 saturated carbocycles. The summed E-state index contributed by atoms with van der Waals surface area (Å²) in [6.45, 7) is -0.722. The first-order valence-corrected chi connectivity index (χ1v) is 6.94. The molecule has 0 bridgehead atoms. The van der Waals surface area contributed by atoms with Gasteiger partial charge in [0.25, 0.3) is 5.92 Å². The molecule has 1 amide bonds. The van der Waals surface area contributed by atoms with E-state index in [9.17, 15) is 18.4 Å². The number of piperidine rings is 1. The summed E-state index contributed by atoms with van der Waals surface area (Å²) in [4.78, 5) is 23.4. The molecule has 5 nitrogen and oxygen atoms in total. The minimum Gasteiger partial charge on any atom is -0.481 e. The Labute approximate surface area is 126 Å². The van der Waals surface area contributed by atoms with Gasteiger partial charge in [0, 0.05) is 12.5 Å². The second-order valence-corrected chi connectivity index (χ2v) is 5.31. The molecule has 1 aromatic carbocycles. The summed E-state index contributed by atoms with van der Waals surface area (Å²) in [5, 5.41) is 8.64. The number of likely N-dealkylation sites (tertiary alicyclic amines) is 1. The molecule has 1 saturated heterocycles. The van der Waals surface area contributed by atoms with Crippen molar-refractivity contribution in [3.8, 4) is 0 Å². The highest BCUT2D eigenvalue weighted by Gasteiger charge is 2.46. The molecule has 0 aliphatic carbocycles. The van der Waals surface area contributed by atoms with Gasteiger partial charge in [-0.15, -0.1) is 0 Å². The number of benzene rings is 1. The van der Waals surface area contributed by atoms with E-state index in [4.69, 9.17) is 9.84 Å². The lowest BCUT2D eigenvalue weighted by atomic mass is 9.90. The van der Waals surface area contributed by atoms with E-state index in [-0.39, 0.29) is 19.6 Å². The van der Waals surface area contributed by atoms with Gasteiger partial charge in [-0.3, -0.25) is 4.79 Å². The van der Waals surface area contributed by atoms with Crippen molar-refractivity contribution in [2.24, 2.45) is 5.92 Å². The Hall–Kier alpha value is -2.18. The number of nitrogens with zero attached hydrogens (tertiary/aromatic N) is 1. The van der Waals surface area contributed by atoms with Crippen molar-refractivity contribution in [3.63, 3.8) is 0 Å². The molecule has 2 rings (SSSR count). The number of carboxylic acids is 1. The molecular weight excluding hydrogens is 296 g/mol. The van der Waals surface area contributed by atoms with Gasteiger partial charge in [-0.05, 0) is 12.0 Å². The molecule has 1 heterocycles. The minimum atomic E-state index is -3.22. The summed E-state index contributed by atoms with van der Waals surface area (Å²) < 4.78 is 32.8. The molecule has 22 heavy (non-hydrogen) atoms. The highest BCUT2D eigenvalue weighted by molar-refractivity contribution is 5.69. The van der Waals surface area contributed by atoms with E-state index in [0.29, 0.717) is 0 Å². The third-order valence-corrected chi connectivity index (χ3v) is 3.63. The lowest BCUT2D eigenvalue weighted by molar-refractivity contribution is -0.148. The number of carbonyl (C=O) groups is 2. The quantitative estimate of drug-likeness (QED) is 0.928. The molecule has 1 aliphatic rings. The average Bonchev–Trinajstić information content (AvgIpc) is 2.47. The fraction of sp³-hybridized carbons (Fsp3) is 0.467. The molecule has 1 fully saturated rings. The van der Waals surface area contributed by atoms with E-state index < -0.39 is 36.9 Å². The van der Waals surface area contributed by atoms with Gasteiger partial charge >= 0.3 is 12.1 Å². The summed E-state index contributed by atoms with van der Waals surface area (Å²) in [5.74, 6) is -5.73. The van der Waals surface area contributed by atoms with Crippen molar-refractivity contribution in [2.45, 2.75) is 25.4 Å². The number of rotatable bonds is 4. The van der Waals surface area contributed by atoms with Crippen LogP contribution in [0.1, 0.15) is 18.4 Å². The summed E-state index contributed by atoms with van der Waals surface area (Å²) in [5.41, 5.74) is 0.767. The summed E-state index contributed by atoms with van der Waals surface area (Å²) in [6, 6.07) is 8.92. The van der Waals surface area contributed by atoms with Crippen molar-refractivity contribution in [1.29, 1.82) is 0 Å². The number of halogens is 2. The molecule has 1 N–H and O–H groups in total. The predicted octanol–water partition coefficient (Wildman–Crippen LogP) is 2.76. The van der Waals surface area contributed by atoms with Crippen molar-refractivity contribution in [2.75, 3.05) is 13.1 Å². The Kier molecular flexibility index (Phi) is 4.95. The van der Waals surface area contributed by atoms with Crippen LogP contribution in [0.3, 0.4) is 0 Å². The molecule has 1 atom stereocenters. The number of carbonyl (C=O) groups excluding carboxylic acids is 1. The number of carboxylic acid groups (broad SMARTS) is 1. The van der Waals surface area contributed by atoms with Gasteiger partial charge in [0.2, 0.25) is 0 Å². The topological polar surface area (TPSA) is 66.8 Å². The van der Waals surface area contributed by atoms with Gasteiger partial charge < -0.3 is 14.7 Å². The smallest absolute Gasteiger partial charge is 0.410 e. The van der Waals surface area contributed by atoms with Crippen LogP contribution in [-0.4, -0.2) is 41.1 Å². The fourth-order valence-electron chi connectivity index (χ4n) is 2.41. The SMILES string of the molecule is O=C(O)CC1CCN(C(=O)OCc2ccccc2)CC1(F)F. The second-order valence-electron chi connectivity index (χ2n) is 5.31. The number of aliphatic carboxylic acids is 1. The predicted molar refractivity (Wildman–Crippen MR) is 73.5 cm³/mol. The average molecular weight is 313 g/mol. The van der Waals surface area contributed by atoms with E-state index >= 15 is 0 Å². The van der Waals surface area contributed by atoms with Crippen LogP contribution in [-0.2, 0) is 16.1 Å². The lowest BCUT2D eigenvalue weighted by Gasteiger charge is -2.37. The maximum absolute atomic E-state index is 13.9. The van der Waals surface area contributed by atoms with Crippen LogP contribution in [0, 0.1) is 5.92 Å². The van der Waals surface area contributed by atoms with Crippen LogP contribution in [0.4, 0.5) is 13.6 Å². The molecule has 1 unspecified atom stereocenters. The minimum absolute atomic E-state index is 0.0142. The van der Waals surface area contributed by atoms with Gasteiger partial charge in [0.15, 0.2) is 0 Å². The van der Waals surface area contributed by atoms with Crippen LogP contribution in [0.2, 0.25) is 0 Å². The Balaban J connectivity index is 1.88. The van der Waals surface area contributed by atoms with E-state index in [2.05, 4.69) is 0 Å². The molecule has 7 heteroatoms. The standard InChI is InChI=1S/C15H17F2NO4/c16-15(17)10-18(7-6-12(15)8-13(19)20)14(21)22-9-11-4-2-1-3-5-11/h1-5,12H,6-10H2,(H,19,20). The zero-order valence-electron chi connectivity index (χ0n) is 11.9. The molecule has 1 aliphatic heterocycles. The van der Waals surface area contributed by atoms with Gasteiger partial charge in [0.1, 0.15) is 6.61 Å². The van der Waals surface area contributed by atoms with Crippen LogP contribution >= 0.6 is 0 Å². The monoisotopic (exact) mass is 313 g/mol. The molecule has 1 aromatic rings. The third kappa shape index (κ3) is 4.16. The summed E-state index contributed by atoms with van der Waals surface area (Å²) in [7, 11) is 0. The summed E-state index contributed by atoms with van der Waals surface area (Å²) >= 11 is 0. The maximum Gasteiger partial charge on any atom is 0.410 e. The van der Waals surface area contributed by atoms with Crippen LogP contribution < -0.4 is 0 Å². The zero-order valence-corrected chi connectivity index (χ0v) is 11.9. The Morgan fingerprint density at radius 1 is 1.32 bits per heavy atom. The molecule has 0 radical (unpaired) electrons. The van der Waals surface area contributed by atoms with E-state index in [1.807, 2.05) is 6.07 Å². The van der Waals surface area contributed by atoms with Crippen molar-refractivity contribution < 1.29 is 28.2 Å². The van der Waals surface area contributed by atoms with Crippen LogP contribution in [0.15, 0.2) is 30.3 Å². The third-order valence-electron chi connectivity index (χ3n) is 3.63.